The van der Waals surface area contributed by atoms with Crippen LogP contribution in [0.1, 0.15) is 307 Å². The quantitative estimate of drug-likeness (QED) is 0.0568. The number of unbranched alkanes of at least 4 members (excludes halogenated alkanes) is 42. The third-order valence-corrected chi connectivity index (χ3v) is 15.5. The first kappa shape index (κ1) is 54.9. The predicted molar refractivity (Wildman–Crippen MR) is 282 cm³/mol. The highest BCUT2D eigenvalue weighted by molar-refractivity contribution is 7.99. The Morgan fingerprint density at radius 1 is 0.306 bits per heavy atom. The number of para-hydroxylation sites is 1. The number of fused-ring (bicyclic) bond motifs is 2. The number of hydrogen-bond donors (Lipinski definition) is 1. The van der Waals surface area contributed by atoms with Gasteiger partial charge in [0, 0.05) is 9.79 Å². The number of anilines is 2. The summed E-state index contributed by atoms with van der Waals surface area (Å²) in [6, 6.07) is 13.8. The molecular weight excluding hydrogens is 767 g/mol. The average molecular weight is 873 g/mol. The maximum atomic E-state index is 3.91. The topological polar surface area (TPSA) is 12.0 Å². The highest BCUT2D eigenvalue weighted by Gasteiger charge is 2.20. The van der Waals surface area contributed by atoms with Crippen LogP contribution in [0.25, 0.3) is 0 Å². The van der Waals surface area contributed by atoms with Crippen molar-refractivity contribution in [2.75, 3.05) is 5.32 Å². The number of rotatable bonds is 46. The van der Waals surface area contributed by atoms with E-state index in [1.807, 2.05) is 11.8 Å². The molecule has 0 amide bonds. The molecule has 0 fully saturated rings. The van der Waals surface area contributed by atoms with Gasteiger partial charge in [0.25, 0.3) is 0 Å². The minimum absolute atomic E-state index is 1.23. The lowest BCUT2D eigenvalue weighted by Crippen LogP contribution is -2.07. The molecule has 0 bridgehead atoms. The zero-order valence-corrected chi connectivity index (χ0v) is 42.7. The summed E-state index contributed by atoms with van der Waals surface area (Å²) in [5.74, 6) is 0. The van der Waals surface area contributed by atoms with Crippen molar-refractivity contribution in [1.29, 1.82) is 0 Å². The van der Waals surface area contributed by atoms with Crippen LogP contribution in [0.3, 0.4) is 0 Å². The second kappa shape index (κ2) is 41.1. The van der Waals surface area contributed by atoms with E-state index in [9.17, 15) is 0 Å². The lowest BCUT2D eigenvalue weighted by Gasteiger charge is -2.25. The van der Waals surface area contributed by atoms with Crippen LogP contribution in [0.5, 0.6) is 0 Å². The number of hydrogen-bond acceptors (Lipinski definition) is 2. The molecule has 0 unspecified atom stereocenters. The van der Waals surface area contributed by atoms with Gasteiger partial charge in [-0.05, 0) is 55.0 Å². The van der Waals surface area contributed by atoms with Gasteiger partial charge in [-0.1, -0.05) is 313 Å². The Hall–Kier alpha value is -1.41. The molecule has 0 spiro atoms. The van der Waals surface area contributed by atoms with Gasteiger partial charge in [-0.2, -0.15) is 0 Å². The molecule has 2 heteroatoms. The van der Waals surface area contributed by atoms with Gasteiger partial charge < -0.3 is 5.32 Å². The highest BCUT2D eigenvalue weighted by Crippen LogP contribution is 2.46. The lowest BCUT2D eigenvalue weighted by atomic mass is 9.94. The number of aryl methyl sites for hydroxylation is 1. The van der Waals surface area contributed by atoms with E-state index in [0.29, 0.717) is 0 Å². The van der Waals surface area contributed by atoms with Crippen molar-refractivity contribution in [3.05, 3.63) is 47.5 Å². The third kappa shape index (κ3) is 28.5. The molecule has 1 N–H and O–H groups in total. The lowest BCUT2D eigenvalue weighted by molar-refractivity contribution is 0.518. The van der Waals surface area contributed by atoms with Gasteiger partial charge in [-0.3, -0.25) is 0 Å². The van der Waals surface area contributed by atoms with Crippen LogP contribution < -0.4 is 5.32 Å². The van der Waals surface area contributed by atoms with E-state index >= 15 is 0 Å². The standard InChI is InChI=1S/C60H105NS/c1-3-5-7-9-11-13-15-17-19-21-23-25-27-29-31-33-35-37-39-41-43-45-49-55-53-54-59-60(61-57-51-47-48-52-58(57)62-59)56(55)50-46-44-42-40-38-36-34-32-30-28-26-24-22-20-18-16-14-12-10-8-6-4-2/h47-48,51-54,61H,3-46,49-50H2,1-2H3. The van der Waals surface area contributed by atoms with Crippen molar-refractivity contribution in [2.24, 2.45) is 0 Å². The van der Waals surface area contributed by atoms with Crippen LogP contribution in [0.2, 0.25) is 0 Å². The smallest absolute Gasteiger partial charge is 0.0561 e. The molecule has 356 valence electrons. The van der Waals surface area contributed by atoms with E-state index in [2.05, 4.69) is 55.6 Å². The van der Waals surface area contributed by atoms with Crippen LogP contribution in [0, 0.1) is 0 Å². The van der Waals surface area contributed by atoms with E-state index in [-0.39, 0.29) is 0 Å². The summed E-state index contributed by atoms with van der Waals surface area (Å²) >= 11 is 1.96. The van der Waals surface area contributed by atoms with Gasteiger partial charge in [0.15, 0.2) is 0 Å². The van der Waals surface area contributed by atoms with Gasteiger partial charge in [-0.25, -0.2) is 0 Å². The SMILES string of the molecule is CCCCCCCCCCCCCCCCCCCCCCCCc1ccc2c(c1CCCCCCCCCCCCCCCCCCCCCCCC)Nc1ccccc1S2. The predicted octanol–water partition coefficient (Wildman–Crippen LogP) is 22.2. The average Bonchev–Trinajstić information content (AvgIpc) is 3.29. The molecular formula is C60H105NS. The first-order valence-corrected chi connectivity index (χ1v) is 29.3. The summed E-state index contributed by atoms with van der Waals surface area (Å²) in [5.41, 5.74) is 5.96. The molecule has 0 aliphatic carbocycles. The van der Waals surface area contributed by atoms with Gasteiger partial charge in [0.1, 0.15) is 0 Å². The Morgan fingerprint density at radius 2 is 0.613 bits per heavy atom. The van der Waals surface area contributed by atoms with Crippen molar-refractivity contribution >= 4 is 23.1 Å². The monoisotopic (exact) mass is 872 g/mol. The van der Waals surface area contributed by atoms with Crippen molar-refractivity contribution in [3.63, 3.8) is 0 Å². The van der Waals surface area contributed by atoms with E-state index in [1.165, 1.54) is 317 Å². The van der Waals surface area contributed by atoms with E-state index in [4.69, 9.17) is 0 Å². The number of nitrogens with one attached hydrogen (secondary N) is 1. The Balaban J connectivity index is 1.17. The second-order valence-corrected chi connectivity index (χ2v) is 21.2. The minimum Gasteiger partial charge on any atom is -0.353 e. The van der Waals surface area contributed by atoms with Crippen LogP contribution in [0.15, 0.2) is 46.2 Å². The van der Waals surface area contributed by atoms with Crippen molar-refractivity contribution in [2.45, 2.75) is 319 Å². The number of benzene rings is 2. The Morgan fingerprint density at radius 3 is 0.968 bits per heavy atom. The van der Waals surface area contributed by atoms with Crippen molar-refractivity contribution < 1.29 is 0 Å². The zero-order valence-electron chi connectivity index (χ0n) is 41.9. The van der Waals surface area contributed by atoms with Gasteiger partial charge in [0.2, 0.25) is 0 Å². The molecule has 2 aromatic carbocycles. The zero-order chi connectivity index (χ0) is 43.6. The second-order valence-electron chi connectivity index (χ2n) is 20.1. The van der Waals surface area contributed by atoms with E-state index in [0.717, 1.165) is 0 Å². The van der Waals surface area contributed by atoms with Crippen LogP contribution in [-0.2, 0) is 12.8 Å². The highest BCUT2D eigenvalue weighted by atomic mass is 32.2. The maximum Gasteiger partial charge on any atom is 0.0561 e. The molecule has 1 aliphatic rings. The summed E-state index contributed by atoms with van der Waals surface area (Å²) in [4.78, 5) is 2.79. The fourth-order valence-electron chi connectivity index (χ4n) is 10.2. The Labute approximate surface area is 393 Å². The Kier molecular flexibility index (Phi) is 36.4. The van der Waals surface area contributed by atoms with Gasteiger partial charge in [-0.15, -0.1) is 0 Å². The maximum absolute atomic E-state index is 3.91. The molecule has 0 atom stereocenters. The molecule has 1 heterocycles. The summed E-state index contributed by atoms with van der Waals surface area (Å²) in [7, 11) is 0. The van der Waals surface area contributed by atoms with Gasteiger partial charge in [0.05, 0.1) is 11.4 Å². The molecule has 62 heavy (non-hydrogen) atoms. The van der Waals surface area contributed by atoms with Crippen LogP contribution in [-0.4, -0.2) is 0 Å². The van der Waals surface area contributed by atoms with Crippen molar-refractivity contribution in [1.82, 2.24) is 0 Å². The molecule has 0 saturated carbocycles. The first-order valence-electron chi connectivity index (χ1n) is 28.5. The summed E-state index contributed by atoms with van der Waals surface area (Å²) in [6.45, 7) is 4.63. The largest absolute Gasteiger partial charge is 0.353 e. The third-order valence-electron chi connectivity index (χ3n) is 14.3. The van der Waals surface area contributed by atoms with E-state index in [1.54, 1.807) is 11.1 Å². The summed E-state index contributed by atoms with van der Waals surface area (Å²) in [5, 5.41) is 3.91. The van der Waals surface area contributed by atoms with Crippen LogP contribution >= 0.6 is 11.8 Å². The van der Waals surface area contributed by atoms with Gasteiger partial charge >= 0.3 is 0 Å². The van der Waals surface area contributed by atoms with Crippen molar-refractivity contribution in [3.8, 4) is 0 Å². The molecule has 0 saturated heterocycles. The molecule has 1 nitrogen and oxygen atoms in total. The summed E-state index contributed by atoms with van der Waals surface area (Å²) < 4.78 is 0. The summed E-state index contributed by atoms with van der Waals surface area (Å²) in [6.07, 6.45) is 66.3. The fourth-order valence-corrected chi connectivity index (χ4v) is 11.2. The fraction of sp³-hybridized carbons (Fsp3) is 0.800. The first-order chi connectivity index (χ1) is 30.8. The Bertz CT molecular complexity index is 1270. The van der Waals surface area contributed by atoms with Crippen LogP contribution in [0.4, 0.5) is 11.4 Å². The molecule has 0 aromatic heterocycles. The molecule has 0 radical (unpaired) electrons. The van der Waals surface area contributed by atoms with E-state index < -0.39 is 0 Å². The molecule has 2 aromatic rings. The normalized spacial score (nSPS) is 12.2. The minimum atomic E-state index is 1.23. The molecule has 3 rings (SSSR count). The molecule has 1 aliphatic heterocycles.